The van der Waals surface area contributed by atoms with Crippen molar-refractivity contribution < 1.29 is 14.7 Å². The summed E-state index contributed by atoms with van der Waals surface area (Å²) in [7, 11) is 0. The number of carboxylic acids is 1. The number of rotatable bonds is 5. The van der Waals surface area contributed by atoms with Gasteiger partial charge in [0.2, 0.25) is 0 Å². The van der Waals surface area contributed by atoms with Gasteiger partial charge < -0.3 is 15.7 Å². The molecule has 1 aromatic carbocycles. The molecule has 0 aliphatic rings. The maximum absolute atomic E-state index is 11.7. The number of carbonyl (C=O) groups is 2. The number of carboxylic acid groups (broad SMARTS) is 1. The van der Waals surface area contributed by atoms with Crippen molar-refractivity contribution >= 4 is 45.2 Å². The fraction of sp³-hybridized carbons (Fsp3) is 0.333. The van der Waals surface area contributed by atoms with Gasteiger partial charge in [0, 0.05) is 16.9 Å². The lowest BCUT2D eigenvalue weighted by atomic mass is 10.2. The Morgan fingerprint density at radius 2 is 2.16 bits per heavy atom. The van der Waals surface area contributed by atoms with Crippen molar-refractivity contribution in [3.8, 4) is 0 Å². The van der Waals surface area contributed by atoms with Crippen molar-refractivity contribution in [2.75, 3.05) is 5.32 Å². The molecule has 0 saturated heterocycles. The van der Waals surface area contributed by atoms with E-state index in [-0.39, 0.29) is 12.5 Å². The first kappa shape index (κ1) is 15.8. The number of aliphatic carboxylic acids is 1. The van der Waals surface area contributed by atoms with Gasteiger partial charge in [0.15, 0.2) is 0 Å². The van der Waals surface area contributed by atoms with Gasteiger partial charge in [-0.05, 0) is 31.5 Å². The first-order valence-corrected chi connectivity index (χ1v) is 6.80. The van der Waals surface area contributed by atoms with E-state index in [2.05, 4.69) is 26.6 Å². The number of anilines is 1. The Kier molecular flexibility index (Phi) is 6.11. The van der Waals surface area contributed by atoms with E-state index in [4.69, 9.17) is 16.7 Å². The summed E-state index contributed by atoms with van der Waals surface area (Å²) in [5.74, 6) is -0.884. The van der Waals surface area contributed by atoms with Crippen molar-refractivity contribution in [1.82, 2.24) is 5.32 Å². The van der Waals surface area contributed by atoms with Gasteiger partial charge in [-0.3, -0.25) is 4.79 Å². The zero-order chi connectivity index (χ0) is 14.4. The Bertz CT molecular complexity index is 482. The Morgan fingerprint density at radius 3 is 2.74 bits per heavy atom. The quantitative estimate of drug-likeness (QED) is 0.761. The SMILES string of the molecule is CC(CCC(=O)O)NC(=O)Nc1ccc(Br)cc1Cl. The molecule has 3 N–H and O–H groups in total. The summed E-state index contributed by atoms with van der Waals surface area (Å²) in [5, 5.41) is 14.2. The zero-order valence-electron chi connectivity index (χ0n) is 10.2. The predicted molar refractivity (Wildman–Crippen MR) is 77.6 cm³/mol. The molecule has 5 nitrogen and oxygen atoms in total. The average molecular weight is 350 g/mol. The van der Waals surface area contributed by atoms with Gasteiger partial charge in [-0.25, -0.2) is 4.79 Å². The van der Waals surface area contributed by atoms with Gasteiger partial charge >= 0.3 is 12.0 Å². The van der Waals surface area contributed by atoms with Crippen molar-refractivity contribution in [3.05, 3.63) is 27.7 Å². The minimum absolute atomic E-state index is 0.0144. The molecule has 19 heavy (non-hydrogen) atoms. The normalized spacial score (nSPS) is 11.7. The number of amides is 2. The molecule has 2 amide bonds. The van der Waals surface area contributed by atoms with Crippen molar-refractivity contribution in [2.45, 2.75) is 25.8 Å². The molecule has 0 heterocycles. The smallest absolute Gasteiger partial charge is 0.319 e. The van der Waals surface area contributed by atoms with Crippen LogP contribution in [0.1, 0.15) is 19.8 Å². The number of halogens is 2. The highest BCUT2D eigenvalue weighted by Crippen LogP contribution is 2.25. The zero-order valence-corrected chi connectivity index (χ0v) is 12.6. The van der Waals surface area contributed by atoms with Crippen LogP contribution in [-0.4, -0.2) is 23.1 Å². The summed E-state index contributed by atoms with van der Waals surface area (Å²) < 4.78 is 0.818. The van der Waals surface area contributed by atoms with E-state index in [0.717, 1.165) is 4.47 Å². The van der Waals surface area contributed by atoms with Crippen LogP contribution < -0.4 is 10.6 Å². The first-order chi connectivity index (χ1) is 8.88. The first-order valence-electron chi connectivity index (χ1n) is 5.63. The third-order valence-electron chi connectivity index (χ3n) is 2.35. The molecule has 0 spiro atoms. The second-order valence-corrected chi connectivity index (χ2v) is 5.38. The fourth-order valence-corrected chi connectivity index (χ4v) is 2.11. The lowest BCUT2D eigenvalue weighted by Crippen LogP contribution is -2.36. The topological polar surface area (TPSA) is 78.4 Å². The number of carbonyl (C=O) groups excluding carboxylic acids is 1. The molecule has 104 valence electrons. The van der Waals surface area contributed by atoms with Gasteiger partial charge in [0.25, 0.3) is 0 Å². The molecule has 0 bridgehead atoms. The van der Waals surface area contributed by atoms with Crippen molar-refractivity contribution in [2.24, 2.45) is 0 Å². The molecular weight excluding hydrogens is 336 g/mol. The number of urea groups is 1. The highest BCUT2D eigenvalue weighted by molar-refractivity contribution is 9.10. The fourth-order valence-electron chi connectivity index (χ4n) is 1.39. The van der Waals surface area contributed by atoms with E-state index in [1.165, 1.54) is 0 Å². The monoisotopic (exact) mass is 348 g/mol. The Morgan fingerprint density at radius 1 is 1.47 bits per heavy atom. The molecule has 7 heteroatoms. The predicted octanol–water partition coefficient (Wildman–Crippen LogP) is 3.48. The summed E-state index contributed by atoms with van der Waals surface area (Å²) in [6, 6.07) is 4.46. The van der Waals surface area contributed by atoms with E-state index in [9.17, 15) is 9.59 Å². The summed E-state index contributed by atoms with van der Waals surface area (Å²) in [5.41, 5.74) is 0.493. The van der Waals surface area contributed by atoms with E-state index >= 15 is 0 Å². The molecule has 1 unspecified atom stereocenters. The average Bonchev–Trinajstić information content (AvgIpc) is 2.30. The van der Waals surface area contributed by atoms with Crippen molar-refractivity contribution in [3.63, 3.8) is 0 Å². The van der Waals surface area contributed by atoms with Crippen LogP contribution in [0.25, 0.3) is 0 Å². The molecule has 0 radical (unpaired) electrons. The van der Waals surface area contributed by atoms with Crippen LogP contribution in [0.5, 0.6) is 0 Å². The number of hydrogen-bond donors (Lipinski definition) is 3. The third kappa shape index (κ3) is 5.94. The summed E-state index contributed by atoms with van der Waals surface area (Å²) in [6.45, 7) is 1.74. The lowest BCUT2D eigenvalue weighted by Gasteiger charge is -2.14. The van der Waals surface area contributed by atoms with Gasteiger partial charge in [-0.2, -0.15) is 0 Å². The maximum atomic E-state index is 11.7. The van der Waals surface area contributed by atoms with Crippen LogP contribution in [0.15, 0.2) is 22.7 Å². The van der Waals surface area contributed by atoms with Gasteiger partial charge in [0.1, 0.15) is 0 Å². The maximum Gasteiger partial charge on any atom is 0.319 e. The van der Waals surface area contributed by atoms with Crippen LogP contribution in [0.4, 0.5) is 10.5 Å². The minimum atomic E-state index is -0.884. The lowest BCUT2D eigenvalue weighted by molar-refractivity contribution is -0.137. The molecule has 0 fully saturated rings. The van der Waals surface area contributed by atoms with Crippen LogP contribution in [0.3, 0.4) is 0 Å². The molecule has 0 aliphatic carbocycles. The highest BCUT2D eigenvalue weighted by Gasteiger charge is 2.10. The van der Waals surface area contributed by atoms with E-state index < -0.39 is 12.0 Å². The van der Waals surface area contributed by atoms with Gasteiger partial charge in [-0.15, -0.1) is 0 Å². The number of benzene rings is 1. The van der Waals surface area contributed by atoms with Gasteiger partial charge in [0.05, 0.1) is 10.7 Å². The summed E-state index contributed by atoms with van der Waals surface area (Å²) in [4.78, 5) is 22.1. The minimum Gasteiger partial charge on any atom is -0.481 e. The molecular formula is C12H14BrClN2O3. The number of nitrogens with one attached hydrogen (secondary N) is 2. The highest BCUT2D eigenvalue weighted by atomic mass is 79.9. The molecule has 0 aromatic heterocycles. The van der Waals surface area contributed by atoms with E-state index in [1.54, 1.807) is 25.1 Å². The largest absolute Gasteiger partial charge is 0.481 e. The summed E-state index contributed by atoms with van der Waals surface area (Å²) in [6.07, 6.45) is 0.386. The molecule has 0 saturated carbocycles. The molecule has 1 rings (SSSR count). The van der Waals surface area contributed by atoms with Crippen LogP contribution in [-0.2, 0) is 4.79 Å². The molecule has 0 aliphatic heterocycles. The second kappa shape index (κ2) is 7.35. The van der Waals surface area contributed by atoms with E-state index in [1.807, 2.05) is 0 Å². The van der Waals surface area contributed by atoms with Crippen LogP contribution in [0.2, 0.25) is 5.02 Å². The molecule has 1 atom stereocenters. The standard InChI is InChI=1S/C12H14BrClN2O3/c1-7(2-5-11(17)18)15-12(19)16-10-4-3-8(13)6-9(10)14/h3-4,6-7H,2,5H2,1H3,(H,17,18)(H2,15,16,19). The van der Waals surface area contributed by atoms with Crippen LogP contribution >= 0.6 is 27.5 Å². The second-order valence-electron chi connectivity index (χ2n) is 4.06. The van der Waals surface area contributed by atoms with Crippen molar-refractivity contribution in [1.29, 1.82) is 0 Å². The third-order valence-corrected chi connectivity index (χ3v) is 3.15. The van der Waals surface area contributed by atoms with Crippen LogP contribution in [0, 0.1) is 0 Å². The van der Waals surface area contributed by atoms with E-state index in [0.29, 0.717) is 17.1 Å². The molecule has 1 aromatic rings. The Balaban J connectivity index is 2.48. The van der Waals surface area contributed by atoms with Gasteiger partial charge in [-0.1, -0.05) is 27.5 Å². The Labute approximate surface area is 124 Å². The Hall–Kier alpha value is -1.27. The summed E-state index contributed by atoms with van der Waals surface area (Å²) >= 11 is 9.23. The number of hydrogen-bond acceptors (Lipinski definition) is 2.